The van der Waals surface area contributed by atoms with Crippen LogP contribution in [0, 0.1) is 6.92 Å². The van der Waals surface area contributed by atoms with E-state index in [9.17, 15) is 14.4 Å². The van der Waals surface area contributed by atoms with Crippen molar-refractivity contribution in [1.82, 2.24) is 14.5 Å². The average molecular weight is 539 g/mol. The third-order valence-corrected chi connectivity index (χ3v) is 8.64. The summed E-state index contributed by atoms with van der Waals surface area (Å²) in [6, 6.07) is 14.7. The minimum atomic E-state index is -0.220. The van der Waals surface area contributed by atoms with Crippen LogP contribution in [0.5, 0.6) is 0 Å². The quantitative estimate of drug-likeness (QED) is 0.284. The number of carbonyl (C=O) groups is 2. The summed E-state index contributed by atoms with van der Waals surface area (Å²) in [7, 11) is 0. The Morgan fingerprint density at radius 3 is 2.69 bits per heavy atom. The lowest BCUT2D eigenvalue weighted by Gasteiger charge is -2.25. The summed E-state index contributed by atoms with van der Waals surface area (Å²) in [5.74, 6) is -0.133. The fraction of sp³-hybridized carbons (Fsp3) is 0.231. The van der Waals surface area contributed by atoms with Crippen molar-refractivity contribution < 1.29 is 9.59 Å². The van der Waals surface area contributed by atoms with Gasteiger partial charge in [0.15, 0.2) is 5.16 Å². The minimum absolute atomic E-state index is 0.0185. The number of hydrogen-bond donors (Lipinski definition) is 1. The number of thioether (sulfide) groups is 1. The molecule has 0 aliphatic carbocycles. The van der Waals surface area contributed by atoms with Crippen LogP contribution in [-0.4, -0.2) is 38.6 Å². The first kappa shape index (κ1) is 24.5. The summed E-state index contributed by atoms with van der Waals surface area (Å²) in [6.45, 7) is 4.47. The van der Waals surface area contributed by atoms with Crippen molar-refractivity contribution in [3.05, 3.63) is 79.9 Å². The molecule has 0 saturated heterocycles. The number of rotatable bonds is 5. The van der Waals surface area contributed by atoms with Crippen LogP contribution in [0.1, 0.15) is 22.9 Å². The standard InChI is InChI=1S/C26H23ClN4O3S2/c1-15-19(27)9-6-10-20(15)28-22(33)14-35-26-29-24-23(25(34)31(26)17-7-4-3-5-8-17)18-11-12-30(16(2)32)13-21(18)36-24/h3-10H,11-14H2,1-2H3,(H,28,33). The lowest BCUT2D eigenvalue weighted by molar-refractivity contribution is -0.129. The van der Waals surface area contributed by atoms with E-state index in [2.05, 4.69) is 5.32 Å². The Morgan fingerprint density at radius 2 is 1.94 bits per heavy atom. The number of nitrogens with one attached hydrogen (secondary N) is 1. The summed E-state index contributed by atoms with van der Waals surface area (Å²) in [4.78, 5) is 46.8. The molecule has 0 bridgehead atoms. The summed E-state index contributed by atoms with van der Waals surface area (Å²) in [5.41, 5.74) is 2.94. The van der Waals surface area contributed by atoms with Crippen molar-refractivity contribution in [3.63, 3.8) is 0 Å². The number of para-hydroxylation sites is 1. The predicted molar refractivity (Wildman–Crippen MR) is 146 cm³/mol. The lowest BCUT2D eigenvalue weighted by atomic mass is 10.1. The van der Waals surface area contributed by atoms with Crippen molar-refractivity contribution in [2.24, 2.45) is 0 Å². The fourth-order valence-corrected chi connectivity index (χ4v) is 6.52. The molecule has 0 saturated carbocycles. The van der Waals surface area contributed by atoms with Crippen LogP contribution in [0.4, 0.5) is 5.69 Å². The largest absolute Gasteiger partial charge is 0.337 e. The van der Waals surface area contributed by atoms with Crippen LogP contribution < -0.4 is 10.9 Å². The predicted octanol–water partition coefficient (Wildman–Crippen LogP) is 5.04. The van der Waals surface area contributed by atoms with E-state index < -0.39 is 0 Å². The second kappa shape index (κ2) is 10.1. The van der Waals surface area contributed by atoms with Gasteiger partial charge in [-0.3, -0.25) is 19.0 Å². The zero-order valence-corrected chi connectivity index (χ0v) is 22.1. The molecule has 0 atom stereocenters. The van der Waals surface area contributed by atoms with E-state index >= 15 is 0 Å². The SMILES string of the molecule is CC(=O)N1CCc2c(sc3nc(SCC(=O)Nc4cccc(Cl)c4C)n(-c4ccccc4)c(=O)c23)C1. The Morgan fingerprint density at radius 1 is 1.17 bits per heavy atom. The zero-order chi connectivity index (χ0) is 25.4. The number of benzene rings is 2. The third-order valence-electron chi connectivity index (χ3n) is 6.18. The second-order valence-electron chi connectivity index (χ2n) is 8.49. The van der Waals surface area contributed by atoms with Gasteiger partial charge >= 0.3 is 0 Å². The van der Waals surface area contributed by atoms with Crippen molar-refractivity contribution >= 4 is 62.4 Å². The van der Waals surface area contributed by atoms with Gasteiger partial charge in [-0.1, -0.05) is 47.6 Å². The van der Waals surface area contributed by atoms with Gasteiger partial charge in [-0.25, -0.2) is 4.98 Å². The van der Waals surface area contributed by atoms with Crippen LogP contribution >= 0.6 is 34.7 Å². The van der Waals surface area contributed by atoms with Crippen LogP contribution in [0.25, 0.3) is 15.9 Å². The van der Waals surface area contributed by atoms with Gasteiger partial charge < -0.3 is 10.2 Å². The maximum Gasteiger partial charge on any atom is 0.267 e. The molecule has 4 aromatic rings. The number of halogens is 1. The highest BCUT2D eigenvalue weighted by Crippen LogP contribution is 2.34. The fourth-order valence-electron chi connectivity index (χ4n) is 4.25. The second-order valence-corrected chi connectivity index (χ2v) is 10.9. The highest BCUT2D eigenvalue weighted by atomic mass is 35.5. The molecule has 1 N–H and O–H groups in total. The molecule has 0 spiro atoms. The molecule has 3 heterocycles. The smallest absolute Gasteiger partial charge is 0.267 e. The molecule has 184 valence electrons. The summed E-state index contributed by atoms with van der Waals surface area (Å²) >= 11 is 8.83. The van der Waals surface area contributed by atoms with Crippen LogP contribution in [0.15, 0.2) is 58.5 Å². The first-order chi connectivity index (χ1) is 17.3. The number of carbonyl (C=O) groups excluding carboxylic acids is 2. The maximum absolute atomic E-state index is 13.8. The van der Waals surface area contributed by atoms with E-state index in [1.54, 1.807) is 34.6 Å². The third kappa shape index (κ3) is 4.66. The molecule has 2 aromatic heterocycles. The van der Waals surface area contributed by atoms with E-state index in [1.165, 1.54) is 23.1 Å². The first-order valence-corrected chi connectivity index (χ1v) is 13.6. The normalized spacial score (nSPS) is 13.0. The molecule has 0 radical (unpaired) electrons. The van der Waals surface area contributed by atoms with Gasteiger partial charge in [0.1, 0.15) is 4.83 Å². The van der Waals surface area contributed by atoms with Crippen LogP contribution in [-0.2, 0) is 22.6 Å². The molecule has 0 unspecified atom stereocenters. The van der Waals surface area contributed by atoms with Gasteiger partial charge in [-0.15, -0.1) is 11.3 Å². The number of thiophene rings is 1. The molecule has 1 aliphatic heterocycles. The summed E-state index contributed by atoms with van der Waals surface area (Å²) < 4.78 is 1.58. The van der Waals surface area contributed by atoms with Gasteiger partial charge in [0.05, 0.1) is 23.4 Å². The topological polar surface area (TPSA) is 84.3 Å². The van der Waals surface area contributed by atoms with Crippen molar-refractivity contribution in [1.29, 1.82) is 0 Å². The zero-order valence-electron chi connectivity index (χ0n) is 19.7. The molecule has 1 aliphatic rings. The molecule has 7 nitrogen and oxygen atoms in total. The molecule has 0 fully saturated rings. The Hall–Kier alpha value is -3.14. The number of anilines is 1. The number of amides is 2. The van der Waals surface area contributed by atoms with E-state index in [1.807, 2.05) is 37.3 Å². The molecular formula is C26H23ClN4O3S2. The number of nitrogens with zero attached hydrogens (tertiary/aromatic N) is 3. The van der Waals surface area contributed by atoms with Crippen molar-refractivity contribution in [2.75, 3.05) is 17.6 Å². The highest BCUT2D eigenvalue weighted by molar-refractivity contribution is 7.99. The Balaban J connectivity index is 1.51. The Kier molecular flexibility index (Phi) is 6.87. The summed E-state index contributed by atoms with van der Waals surface area (Å²) in [5, 5.41) is 4.52. The molecular weight excluding hydrogens is 516 g/mol. The van der Waals surface area contributed by atoms with E-state index in [-0.39, 0.29) is 23.1 Å². The monoisotopic (exact) mass is 538 g/mol. The maximum atomic E-state index is 13.8. The van der Waals surface area contributed by atoms with Gasteiger partial charge in [-0.05, 0) is 48.7 Å². The molecule has 10 heteroatoms. The summed E-state index contributed by atoms with van der Waals surface area (Å²) in [6.07, 6.45) is 0.620. The van der Waals surface area contributed by atoms with Crippen molar-refractivity contribution in [3.8, 4) is 5.69 Å². The number of hydrogen-bond acceptors (Lipinski definition) is 6. The average Bonchev–Trinajstić information content (AvgIpc) is 3.24. The van der Waals surface area contributed by atoms with E-state index in [4.69, 9.17) is 16.6 Å². The molecule has 5 rings (SSSR count). The van der Waals surface area contributed by atoms with Crippen LogP contribution in [0.3, 0.4) is 0 Å². The molecule has 2 amide bonds. The first-order valence-electron chi connectivity index (χ1n) is 11.4. The van der Waals surface area contributed by atoms with Gasteiger partial charge in [0.2, 0.25) is 11.8 Å². The number of fused-ring (bicyclic) bond motifs is 3. The Bertz CT molecular complexity index is 1550. The lowest BCUT2D eigenvalue weighted by Crippen LogP contribution is -2.34. The Labute approximate surface area is 221 Å². The highest BCUT2D eigenvalue weighted by Gasteiger charge is 2.26. The minimum Gasteiger partial charge on any atom is -0.337 e. The molecule has 2 aromatic carbocycles. The van der Waals surface area contributed by atoms with Crippen molar-refractivity contribution in [2.45, 2.75) is 32.0 Å². The molecule has 36 heavy (non-hydrogen) atoms. The van der Waals surface area contributed by atoms with Gasteiger partial charge in [0, 0.05) is 29.1 Å². The van der Waals surface area contributed by atoms with Gasteiger partial charge in [-0.2, -0.15) is 0 Å². The van der Waals surface area contributed by atoms with Crippen LogP contribution in [0.2, 0.25) is 5.02 Å². The van der Waals surface area contributed by atoms with E-state index in [0.29, 0.717) is 51.3 Å². The van der Waals surface area contributed by atoms with E-state index in [0.717, 1.165) is 16.0 Å². The van der Waals surface area contributed by atoms with Gasteiger partial charge in [0.25, 0.3) is 5.56 Å². The number of aromatic nitrogens is 2.